The number of carbonyl (C=O) groups excluding carboxylic acids is 2. The number of hydrogen-bond acceptors (Lipinski definition) is 5. The van der Waals surface area contributed by atoms with Crippen molar-refractivity contribution in [2.24, 2.45) is 5.73 Å². The predicted molar refractivity (Wildman–Crippen MR) is 65.5 cm³/mol. The van der Waals surface area contributed by atoms with Gasteiger partial charge < -0.3 is 15.4 Å². The number of nitrogens with two attached hydrogens (primary N) is 1. The highest BCUT2D eigenvalue weighted by Crippen LogP contribution is 2.21. The normalized spacial score (nSPS) is 19.6. The molecule has 1 amide bonds. The van der Waals surface area contributed by atoms with Gasteiger partial charge in [0.1, 0.15) is 11.9 Å². The van der Waals surface area contributed by atoms with Gasteiger partial charge in [0.05, 0.1) is 13.2 Å². The van der Waals surface area contributed by atoms with Crippen LogP contribution in [0.4, 0.5) is 5.82 Å². The van der Waals surface area contributed by atoms with E-state index in [2.05, 4.69) is 4.98 Å². The van der Waals surface area contributed by atoms with Crippen LogP contribution >= 0.6 is 0 Å². The fourth-order valence-corrected chi connectivity index (χ4v) is 2.05. The van der Waals surface area contributed by atoms with Crippen LogP contribution in [0, 0.1) is 6.92 Å². The van der Waals surface area contributed by atoms with E-state index in [1.165, 1.54) is 6.20 Å². The van der Waals surface area contributed by atoms with Crippen LogP contribution < -0.4 is 10.6 Å². The Morgan fingerprint density at radius 2 is 2.44 bits per heavy atom. The standard InChI is InChI=1S/C12H15N3O3/c1-8-4-9(6-16)5-14-12(8)15-2-3-18-7-10(15)11(13)17/h4-6,10H,2-3,7H2,1H3,(H2,13,17). The number of aromatic nitrogens is 1. The van der Waals surface area contributed by atoms with Gasteiger partial charge in [-0.15, -0.1) is 0 Å². The number of rotatable bonds is 3. The number of hydrogen-bond donors (Lipinski definition) is 1. The van der Waals surface area contributed by atoms with Crippen molar-refractivity contribution >= 4 is 18.0 Å². The quantitative estimate of drug-likeness (QED) is 0.756. The number of anilines is 1. The summed E-state index contributed by atoms with van der Waals surface area (Å²) in [5.74, 6) is 0.239. The van der Waals surface area contributed by atoms with Crippen LogP contribution in [0.25, 0.3) is 0 Å². The zero-order valence-corrected chi connectivity index (χ0v) is 10.1. The first-order chi connectivity index (χ1) is 8.63. The molecule has 96 valence electrons. The van der Waals surface area contributed by atoms with Gasteiger partial charge in [0.2, 0.25) is 5.91 Å². The SMILES string of the molecule is Cc1cc(C=O)cnc1N1CCOCC1C(N)=O. The van der Waals surface area contributed by atoms with E-state index >= 15 is 0 Å². The van der Waals surface area contributed by atoms with Crippen LogP contribution in [-0.2, 0) is 9.53 Å². The second-order valence-electron chi connectivity index (χ2n) is 4.21. The molecular weight excluding hydrogens is 234 g/mol. The molecule has 0 bridgehead atoms. The van der Waals surface area contributed by atoms with Crippen molar-refractivity contribution in [3.05, 3.63) is 23.4 Å². The minimum absolute atomic E-state index is 0.270. The molecule has 1 aromatic heterocycles. The fraction of sp³-hybridized carbons (Fsp3) is 0.417. The molecule has 2 heterocycles. The van der Waals surface area contributed by atoms with Crippen LogP contribution in [0.15, 0.2) is 12.3 Å². The van der Waals surface area contributed by atoms with E-state index < -0.39 is 11.9 Å². The summed E-state index contributed by atoms with van der Waals surface area (Å²) in [6.07, 6.45) is 2.23. The highest BCUT2D eigenvalue weighted by molar-refractivity contribution is 5.84. The molecule has 1 aliphatic rings. The van der Waals surface area contributed by atoms with Crippen molar-refractivity contribution in [1.82, 2.24) is 4.98 Å². The molecule has 1 fully saturated rings. The molecule has 0 aliphatic carbocycles. The highest BCUT2D eigenvalue weighted by Gasteiger charge is 2.29. The number of ether oxygens (including phenoxy) is 1. The third kappa shape index (κ3) is 2.33. The summed E-state index contributed by atoms with van der Waals surface area (Å²) >= 11 is 0. The summed E-state index contributed by atoms with van der Waals surface area (Å²) in [6.45, 7) is 3.21. The molecule has 1 aromatic rings. The lowest BCUT2D eigenvalue weighted by atomic mass is 10.1. The number of pyridine rings is 1. The Hall–Kier alpha value is -1.95. The maximum Gasteiger partial charge on any atom is 0.242 e. The average Bonchev–Trinajstić information content (AvgIpc) is 2.38. The second kappa shape index (κ2) is 5.14. The first-order valence-electron chi connectivity index (χ1n) is 5.69. The molecule has 1 saturated heterocycles. The van der Waals surface area contributed by atoms with Crippen molar-refractivity contribution in [1.29, 1.82) is 0 Å². The zero-order chi connectivity index (χ0) is 13.1. The molecule has 2 N–H and O–H groups in total. The molecule has 1 atom stereocenters. The molecule has 2 rings (SSSR count). The average molecular weight is 249 g/mol. The molecule has 18 heavy (non-hydrogen) atoms. The molecule has 6 nitrogen and oxygen atoms in total. The van der Waals surface area contributed by atoms with E-state index in [0.29, 0.717) is 24.5 Å². The second-order valence-corrected chi connectivity index (χ2v) is 4.21. The third-order valence-corrected chi connectivity index (χ3v) is 2.94. The maximum atomic E-state index is 11.4. The lowest BCUT2D eigenvalue weighted by Crippen LogP contribution is -2.53. The molecule has 0 radical (unpaired) electrons. The van der Waals surface area contributed by atoms with E-state index in [4.69, 9.17) is 10.5 Å². The van der Waals surface area contributed by atoms with Crippen LogP contribution in [0.2, 0.25) is 0 Å². The first kappa shape index (κ1) is 12.5. The fourth-order valence-electron chi connectivity index (χ4n) is 2.05. The molecule has 0 aromatic carbocycles. The van der Waals surface area contributed by atoms with Crippen molar-refractivity contribution in [3.63, 3.8) is 0 Å². The van der Waals surface area contributed by atoms with Gasteiger partial charge in [-0.1, -0.05) is 0 Å². The van der Waals surface area contributed by atoms with Crippen molar-refractivity contribution in [2.75, 3.05) is 24.7 Å². The van der Waals surface area contributed by atoms with Crippen molar-refractivity contribution in [3.8, 4) is 0 Å². The Balaban J connectivity index is 2.33. The number of carbonyl (C=O) groups is 2. The van der Waals surface area contributed by atoms with Crippen LogP contribution in [0.5, 0.6) is 0 Å². The van der Waals surface area contributed by atoms with Gasteiger partial charge in [-0.3, -0.25) is 9.59 Å². The van der Waals surface area contributed by atoms with Gasteiger partial charge in [-0.2, -0.15) is 0 Å². The minimum atomic E-state index is -0.507. The maximum absolute atomic E-state index is 11.4. The number of nitrogens with zero attached hydrogens (tertiary/aromatic N) is 2. The Labute approximate surface area is 105 Å². The minimum Gasteiger partial charge on any atom is -0.377 e. The Kier molecular flexibility index (Phi) is 3.57. The number of aldehydes is 1. The van der Waals surface area contributed by atoms with E-state index in [1.54, 1.807) is 6.07 Å². The Morgan fingerprint density at radius 1 is 1.67 bits per heavy atom. The Morgan fingerprint density at radius 3 is 3.06 bits per heavy atom. The molecule has 0 spiro atoms. The topological polar surface area (TPSA) is 85.5 Å². The van der Waals surface area contributed by atoms with E-state index in [1.807, 2.05) is 11.8 Å². The molecule has 6 heteroatoms. The largest absolute Gasteiger partial charge is 0.377 e. The number of aryl methyl sites for hydroxylation is 1. The van der Waals surface area contributed by atoms with Crippen LogP contribution in [0.1, 0.15) is 15.9 Å². The van der Waals surface area contributed by atoms with Crippen LogP contribution in [-0.4, -0.2) is 43.0 Å². The van der Waals surface area contributed by atoms with Gasteiger partial charge in [-0.05, 0) is 18.6 Å². The number of primary amides is 1. The number of amides is 1. The molecule has 0 saturated carbocycles. The monoisotopic (exact) mass is 249 g/mol. The Bertz CT molecular complexity index is 476. The molecule has 1 unspecified atom stereocenters. The molecule has 1 aliphatic heterocycles. The number of morpholine rings is 1. The van der Waals surface area contributed by atoms with Crippen LogP contribution in [0.3, 0.4) is 0 Å². The van der Waals surface area contributed by atoms with Gasteiger partial charge in [-0.25, -0.2) is 4.98 Å². The summed E-state index contributed by atoms with van der Waals surface area (Å²) in [7, 11) is 0. The summed E-state index contributed by atoms with van der Waals surface area (Å²) in [5.41, 5.74) is 6.71. The van der Waals surface area contributed by atoms with Gasteiger partial charge >= 0.3 is 0 Å². The zero-order valence-electron chi connectivity index (χ0n) is 10.1. The van der Waals surface area contributed by atoms with E-state index in [9.17, 15) is 9.59 Å². The van der Waals surface area contributed by atoms with Gasteiger partial charge in [0.15, 0.2) is 6.29 Å². The smallest absolute Gasteiger partial charge is 0.242 e. The van der Waals surface area contributed by atoms with E-state index in [0.717, 1.165) is 11.8 Å². The predicted octanol–water partition coefficient (Wildman–Crippen LogP) is -0.107. The van der Waals surface area contributed by atoms with E-state index in [-0.39, 0.29) is 6.61 Å². The van der Waals surface area contributed by atoms with Gasteiger partial charge in [0, 0.05) is 18.3 Å². The third-order valence-electron chi connectivity index (χ3n) is 2.94. The van der Waals surface area contributed by atoms with Gasteiger partial charge in [0.25, 0.3) is 0 Å². The summed E-state index contributed by atoms with van der Waals surface area (Å²) in [6, 6.07) is 1.23. The lowest BCUT2D eigenvalue weighted by Gasteiger charge is -2.35. The lowest BCUT2D eigenvalue weighted by molar-refractivity contribution is -0.121. The highest BCUT2D eigenvalue weighted by atomic mass is 16.5. The molecular formula is C12H15N3O3. The summed E-state index contributed by atoms with van der Waals surface area (Å²) in [4.78, 5) is 28.1. The van der Waals surface area contributed by atoms with Crippen molar-refractivity contribution in [2.45, 2.75) is 13.0 Å². The summed E-state index contributed by atoms with van der Waals surface area (Å²) in [5, 5.41) is 0. The summed E-state index contributed by atoms with van der Waals surface area (Å²) < 4.78 is 5.25. The first-order valence-corrected chi connectivity index (χ1v) is 5.69. The van der Waals surface area contributed by atoms with Crippen molar-refractivity contribution < 1.29 is 14.3 Å².